The number of carbonyl (C=O) groups is 1. The molecule has 0 atom stereocenters. The van der Waals surface area contributed by atoms with Crippen LogP contribution in [0.25, 0.3) is 10.1 Å². The van der Waals surface area contributed by atoms with Gasteiger partial charge in [0.1, 0.15) is 0 Å². The van der Waals surface area contributed by atoms with Gasteiger partial charge in [0.15, 0.2) is 0 Å². The summed E-state index contributed by atoms with van der Waals surface area (Å²) in [6.07, 6.45) is 1.89. The highest BCUT2D eigenvalue weighted by Gasteiger charge is 2.26. The summed E-state index contributed by atoms with van der Waals surface area (Å²) in [6, 6.07) is 8.29. The summed E-state index contributed by atoms with van der Waals surface area (Å²) in [5, 5.41) is 2.05. The number of hydrogen-bond acceptors (Lipinski definition) is 3. The van der Waals surface area contributed by atoms with Crippen LogP contribution in [-0.4, -0.2) is 42.9 Å². The van der Waals surface area contributed by atoms with Gasteiger partial charge in [0, 0.05) is 41.5 Å². The molecule has 1 aromatic heterocycles. The Bertz CT molecular complexity index is 674. The van der Waals surface area contributed by atoms with Gasteiger partial charge < -0.3 is 4.90 Å². The molecule has 0 N–H and O–H groups in total. The zero-order chi connectivity index (χ0) is 15.7. The summed E-state index contributed by atoms with van der Waals surface area (Å²) >= 11 is 8.30. The highest BCUT2D eigenvalue weighted by Crippen LogP contribution is 2.36. The molecule has 5 heteroatoms. The van der Waals surface area contributed by atoms with Crippen LogP contribution >= 0.6 is 22.9 Å². The van der Waals surface area contributed by atoms with E-state index in [1.54, 1.807) is 16.2 Å². The van der Waals surface area contributed by atoms with E-state index in [1.807, 2.05) is 20.2 Å². The Balaban J connectivity index is 1.65. The Morgan fingerprint density at radius 1 is 1.32 bits per heavy atom. The first-order valence-corrected chi connectivity index (χ1v) is 8.85. The van der Waals surface area contributed by atoms with Gasteiger partial charge in [-0.2, -0.15) is 0 Å². The molecule has 22 heavy (non-hydrogen) atoms. The molecule has 0 unspecified atom stereocenters. The van der Waals surface area contributed by atoms with Gasteiger partial charge in [-0.1, -0.05) is 29.8 Å². The third-order valence-electron chi connectivity index (χ3n) is 4.35. The van der Waals surface area contributed by atoms with E-state index in [0.717, 1.165) is 42.9 Å². The Morgan fingerprint density at radius 3 is 2.64 bits per heavy atom. The normalized spacial score (nSPS) is 17.0. The van der Waals surface area contributed by atoms with Crippen LogP contribution in [0.15, 0.2) is 24.3 Å². The quantitative estimate of drug-likeness (QED) is 0.849. The number of amides is 1. The van der Waals surface area contributed by atoms with Gasteiger partial charge >= 0.3 is 0 Å². The minimum absolute atomic E-state index is 0.184. The van der Waals surface area contributed by atoms with Gasteiger partial charge in [-0.3, -0.25) is 9.69 Å². The molecule has 0 bridgehead atoms. The monoisotopic (exact) mass is 336 g/mol. The number of carbonyl (C=O) groups excluding carboxylic acids is 1. The number of likely N-dealkylation sites (tertiary alicyclic amines) is 1. The standard InChI is InChI=1S/C17H21ClN2OS/c1-19(2)17(21)12-7-9-20(10-8-12)11-15-16(18)13-5-3-4-6-14(13)22-15/h3-6,12H,7-11H2,1-2H3. The number of fused-ring (bicyclic) bond motifs is 1. The van der Waals surface area contributed by atoms with E-state index in [2.05, 4.69) is 23.1 Å². The highest BCUT2D eigenvalue weighted by molar-refractivity contribution is 7.19. The minimum Gasteiger partial charge on any atom is -0.349 e. The van der Waals surface area contributed by atoms with Crippen LogP contribution in [-0.2, 0) is 11.3 Å². The van der Waals surface area contributed by atoms with Crippen LogP contribution in [0.4, 0.5) is 0 Å². The van der Waals surface area contributed by atoms with Crippen LogP contribution in [0.5, 0.6) is 0 Å². The maximum Gasteiger partial charge on any atom is 0.225 e. The number of rotatable bonds is 3. The molecule has 118 valence electrons. The van der Waals surface area contributed by atoms with Crippen LogP contribution in [0.1, 0.15) is 17.7 Å². The maximum atomic E-state index is 12.0. The second-order valence-corrected chi connectivity index (χ2v) is 7.63. The molecule has 0 spiro atoms. The third kappa shape index (κ3) is 3.14. The molecular weight excluding hydrogens is 316 g/mol. The second-order valence-electron chi connectivity index (χ2n) is 6.12. The van der Waals surface area contributed by atoms with E-state index in [0.29, 0.717) is 0 Å². The van der Waals surface area contributed by atoms with Crippen molar-refractivity contribution >= 4 is 38.9 Å². The first-order valence-electron chi connectivity index (χ1n) is 7.65. The molecule has 1 saturated heterocycles. The fraction of sp³-hybridized carbons (Fsp3) is 0.471. The van der Waals surface area contributed by atoms with Gasteiger partial charge in [-0.25, -0.2) is 0 Å². The molecule has 1 amide bonds. The van der Waals surface area contributed by atoms with Crippen molar-refractivity contribution < 1.29 is 4.79 Å². The molecule has 2 heterocycles. The zero-order valence-corrected chi connectivity index (χ0v) is 14.6. The smallest absolute Gasteiger partial charge is 0.225 e. The summed E-state index contributed by atoms with van der Waals surface area (Å²) in [4.78, 5) is 17.4. The number of nitrogens with zero attached hydrogens (tertiary/aromatic N) is 2. The lowest BCUT2D eigenvalue weighted by Gasteiger charge is -2.32. The largest absolute Gasteiger partial charge is 0.349 e. The predicted molar refractivity (Wildman–Crippen MR) is 93.5 cm³/mol. The van der Waals surface area contributed by atoms with Crippen molar-refractivity contribution in [3.05, 3.63) is 34.2 Å². The highest BCUT2D eigenvalue weighted by atomic mass is 35.5. The lowest BCUT2D eigenvalue weighted by atomic mass is 9.95. The summed E-state index contributed by atoms with van der Waals surface area (Å²) in [6.45, 7) is 2.82. The Kier molecular flexibility index (Phi) is 4.71. The third-order valence-corrected chi connectivity index (χ3v) is 6.05. The van der Waals surface area contributed by atoms with Crippen LogP contribution in [0, 0.1) is 5.92 Å². The van der Waals surface area contributed by atoms with Crippen molar-refractivity contribution in [2.24, 2.45) is 5.92 Å². The average molecular weight is 337 g/mol. The lowest BCUT2D eigenvalue weighted by Crippen LogP contribution is -2.39. The molecule has 0 radical (unpaired) electrons. The fourth-order valence-electron chi connectivity index (χ4n) is 3.07. The summed E-state index contributed by atoms with van der Waals surface area (Å²) in [7, 11) is 3.68. The Labute approximate surface area is 140 Å². The van der Waals surface area contributed by atoms with Crippen LogP contribution in [0.3, 0.4) is 0 Å². The van der Waals surface area contributed by atoms with E-state index < -0.39 is 0 Å². The fourth-order valence-corrected chi connectivity index (χ4v) is 4.61. The maximum absolute atomic E-state index is 12.0. The zero-order valence-electron chi connectivity index (χ0n) is 13.0. The predicted octanol–water partition coefficient (Wildman–Crippen LogP) is 3.85. The van der Waals surface area contributed by atoms with E-state index in [-0.39, 0.29) is 11.8 Å². The summed E-state index contributed by atoms with van der Waals surface area (Å²) in [5.74, 6) is 0.448. The molecule has 3 rings (SSSR count). The minimum atomic E-state index is 0.184. The van der Waals surface area contributed by atoms with Crippen LogP contribution in [0.2, 0.25) is 5.02 Å². The first kappa shape index (κ1) is 15.8. The molecule has 0 aliphatic carbocycles. The molecule has 1 aliphatic heterocycles. The molecule has 0 saturated carbocycles. The number of piperidine rings is 1. The second kappa shape index (κ2) is 6.57. The number of benzene rings is 1. The van der Waals surface area contributed by atoms with Crippen LogP contribution < -0.4 is 0 Å². The van der Waals surface area contributed by atoms with Crippen molar-refractivity contribution in [3.8, 4) is 0 Å². The van der Waals surface area contributed by atoms with Crippen molar-refractivity contribution in [3.63, 3.8) is 0 Å². The number of hydrogen-bond donors (Lipinski definition) is 0. The molecule has 1 fully saturated rings. The average Bonchev–Trinajstić information content (AvgIpc) is 2.84. The van der Waals surface area contributed by atoms with Gasteiger partial charge in [0.25, 0.3) is 0 Å². The van der Waals surface area contributed by atoms with Gasteiger partial charge in [0.2, 0.25) is 5.91 Å². The molecular formula is C17H21ClN2OS. The van der Waals surface area contributed by atoms with Gasteiger partial charge in [-0.15, -0.1) is 11.3 Å². The molecule has 1 aliphatic rings. The van der Waals surface area contributed by atoms with Gasteiger partial charge in [-0.05, 0) is 32.0 Å². The van der Waals surface area contributed by atoms with E-state index in [9.17, 15) is 4.79 Å². The van der Waals surface area contributed by atoms with Crippen molar-refractivity contribution in [1.82, 2.24) is 9.80 Å². The summed E-state index contributed by atoms with van der Waals surface area (Å²) < 4.78 is 1.25. The number of halogens is 1. The first-order chi connectivity index (χ1) is 10.6. The summed E-state index contributed by atoms with van der Waals surface area (Å²) in [5.41, 5.74) is 0. The molecule has 1 aromatic carbocycles. The SMILES string of the molecule is CN(C)C(=O)C1CCN(Cc2sc3ccccc3c2Cl)CC1. The molecule has 2 aromatic rings. The molecule has 3 nitrogen and oxygen atoms in total. The Morgan fingerprint density at radius 2 is 2.00 bits per heavy atom. The van der Waals surface area contributed by atoms with E-state index >= 15 is 0 Å². The van der Waals surface area contributed by atoms with Crippen molar-refractivity contribution in [2.45, 2.75) is 19.4 Å². The van der Waals surface area contributed by atoms with Crippen molar-refractivity contribution in [2.75, 3.05) is 27.2 Å². The van der Waals surface area contributed by atoms with E-state index in [4.69, 9.17) is 11.6 Å². The van der Waals surface area contributed by atoms with Crippen molar-refractivity contribution in [1.29, 1.82) is 0 Å². The topological polar surface area (TPSA) is 23.6 Å². The Hall–Kier alpha value is -1.10. The lowest BCUT2D eigenvalue weighted by molar-refractivity contribution is -0.134. The van der Waals surface area contributed by atoms with Gasteiger partial charge in [0.05, 0.1) is 5.02 Å². The number of thiophene rings is 1. The van der Waals surface area contributed by atoms with E-state index in [1.165, 1.54) is 9.58 Å².